The van der Waals surface area contributed by atoms with E-state index in [-0.39, 0.29) is 11.7 Å². The Bertz CT molecular complexity index is 521. The van der Waals surface area contributed by atoms with Crippen LogP contribution in [-0.2, 0) is 4.79 Å². The van der Waals surface area contributed by atoms with Crippen molar-refractivity contribution in [3.05, 3.63) is 29.8 Å². The third kappa shape index (κ3) is 1.96. The number of benzene rings is 1. The molecule has 1 amide bonds. The maximum atomic E-state index is 12.6. The van der Waals surface area contributed by atoms with E-state index in [1.54, 1.807) is 4.90 Å². The second kappa shape index (κ2) is 4.78. The Kier molecular flexibility index (Phi) is 3.11. The van der Waals surface area contributed by atoms with Crippen molar-refractivity contribution in [2.24, 2.45) is 0 Å². The molecule has 1 atom stereocenters. The highest BCUT2D eigenvalue weighted by molar-refractivity contribution is 6.17. The topological polar surface area (TPSA) is 40.6 Å². The van der Waals surface area contributed by atoms with Gasteiger partial charge < -0.3 is 0 Å². The largest absolute Gasteiger partial charge is 0.290 e. The van der Waals surface area contributed by atoms with Crippen LogP contribution in [0.1, 0.15) is 36.5 Å². The number of piperidine rings is 1. The number of amides is 1. The van der Waals surface area contributed by atoms with E-state index >= 15 is 0 Å². The SMILES string of the molecule is CC(=O)N1c2ccccc2C(=O)[C@@H]1N1CCCCC1. The summed E-state index contributed by atoms with van der Waals surface area (Å²) in [6.07, 6.45) is 3.00. The molecule has 4 heteroatoms. The Morgan fingerprint density at radius 1 is 1.16 bits per heavy atom. The van der Waals surface area contributed by atoms with Gasteiger partial charge in [-0.15, -0.1) is 0 Å². The van der Waals surface area contributed by atoms with Crippen LogP contribution < -0.4 is 4.90 Å². The lowest BCUT2D eigenvalue weighted by Gasteiger charge is -2.35. The van der Waals surface area contributed by atoms with Gasteiger partial charge in [0.1, 0.15) is 0 Å². The number of Topliss-reactive ketones (excluding diaryl/α,β-unsaturated/α-hetero) is 1. The number of fused-ring (bicyclic) bond motifs is 1. The summed E-state index contributed by atoms with van der Waals surface area (Å²) in [6, 6.07) is 7.41. The van der Waals surface area contributed by atoms with Crippen molar-refractivity contribution in [3.8, 4) is 0 Å². The number of hydrogen-bond acceptors (Lipinski definition) is 3. The first-order chi connectivity index (χ1) is 9.20. The van der Waals surface area contributed by atoms with E-state index in [0.717, 1.165) is 31.6 Å². The number of hydrogen-bond donors (Lipinski definition) is 0. The average Bonchev–Trinajstić information content (AvgIpc) is 2.74. The lowest BCUT2D eigenvalue weighted by Crippen LogP contribution is -2.53. The van der Waals surface area contributed by atoms with E-state index < -0.39 is 6.17 Å². The zero-order valence-corrected chi connectivity index (χ0v) is 11.1. The van der Waals surface area contributed by atoms with Gasteiger partial charge in [0, 0.05) is 25.6 Å². The van der Waals surface area contributed by atoms with Gasteiger partial charge in [0.2, 0.25) is 11.7 Å². The molecule has 2 aliphatic heterocycles. The van der Waals surface area contributed by atoms with E-state index in [9.17, 15) is 9.59 Å². The number of likely N-dealkylation sites (tertiary alicyclic amines) is 1. The molecule has 0 aliphatic carbocycles. The van der Waals surface area contributed by atoms with E-state index in [2.05, 4.69) is 4.90 Å². The fraction of sp³-hybridized carbons (Fsp3) is 0.467. The second-order valence-electron chi connectivity index (χ2n) is 5.24. The lowest BCUT2D eigenvalue weighted by atomic mass is 10.1. The molecular weight excluding hydrogens is 240 g/mol. The molecule has 0 unspecified atom stereocenters. The minimum atomic E-state index is -0.421. The number of rotatable bonds is 1. The zero-order chi connectivity index (χ0) is 13.4. The van der Waals surface area contributed by atoms with Crippen molar-refractivity contribution >= 4 is 17.4 Å². The average molecular weight is 258 g/mol. The Morgan fingerprint density at radius 3 is 2.53 bits per heavy atom. The van der Waals surface area contributed by atoms with E-state index in [4.69, 9.17) is 0 Å². The number of carbonyl (C=O) groups excluding carboxylic acids is 2. The summed E-state index contributed by atoms with van der Waals surface area (Å²) in [5.41, 5.74) is 1.43. The molecule has 3 rings (SSSR count). The zero-order valence-electron chi connectivity index (χ0n) is 11.1. The van der Waals surface area contributed by atoms with E-state index in [1.807, 2.05) is 24.3 Å². The molecule has 19 heavy (non-hydrogen) atoms. The first-order valence-corrected chi connectivity index (χ1v) is 6.87. The first kappa shape index (κ1) is 12.4. The molecular formula is C15H18N2O2. The molecule has 4 nitrogen and oxygen atoms in total. The van der Waals surface area contributed by atoms with Gasteiger partial charge in [-0.3, -0.25) is 19.4 Å². The molecule has 1 aromatic carbocycles. The van der Waals surface area contributed by atoms with Crippen molar-refractivity contribution in [3.63, 3.8) is 0 Å². The number of nitrogens with zero attached hydrogens (tertiary/aromatic N) is 2. The standard InChI is InChI=1S/C15H18N2O2/c1-11(18)17-13-8-4-3-7-12(13)14(19)15(17)16-9-5-2-6-10-16/h3-4,7-8,15H,2,5-6,9-10H2,1H3/t15-/m1/s1. The van der Waals surface area contributed by atoms with Gasteiger partial charge in [-0.25, -0.2) is 0 Å². The molecule has 0 spiro atoms. The van der Waals surface area contributed by atoms with Crippen molar-refractivity contribution < 1.29 is 9.59 Å². The van der Waals surface area contributed by atoms with Gasteiger partial charge in [0.05, 0.1) is 5.69 Å². The highest BCUT2D eigenvalue weighted by Crippen LogP contribution is 2.34. The summed E-state index contributed by atoms with van der Waals surface area (Å²) < 4.78 is 0. The van der Waals surface area contributed by atoms with Gasteiger partial charge in [-0.2, -0.15) is 0 Å². The van der Waals surface area contributed by atoms with Crippen LogP contribution >= 0.6 is 0 Å². The second-order valence-corrected chi connectivity index (χ2v) is 5.24. The van der Waals surface area contributed by atoms with Gasteiger partial charge in [-0.1, -0.05) is 18.6 Å². The lowest BCUT2D eigenvalue weighted by molar-refractivity contribution is -0.117. The molecule has 2 heterocycles. The minimum Gasteiger partial charge on any atom is -0.290 e. The third-order valence-corrected chi connectivity index (χ3v) is 3.98. The van der Waals surface area contributed by atoms with Crippen LogP contribution in [0.5, 0.6) is 0 Å². The van der Waals surface area contributed by atoms with Crippen molar-refractivity contribution in [2.45, 2.75) is 32.4 Å². The summed E-state index contributed by atoms with van der Waals surface area (Å²) >= 11 is 0. The summed E-state index contributed by atoms with van der Waals surface area (Å²) in [5.74, 6) is 0.00146. The Morgan fingerprint density at radius 2 is 1.84 bits per heavy atom. The summed E-state index contributed by atoms with van der Waals surface area (Å²) in [6.45, 7) is 3.33. The van der Waals surface area contributed by atoms with E-state index in [1.165, 1.54) is 13.3 Å². The van der Waals surface area contributed by atoms with E-state index in [0.29, 0.717) is 5.56 Å². The monoisotopic (exact) mass is 258 g/mol. The highest BCUT2D eigenvalue weighted by atomic mass is 16.2. The molecule has 0 saturated carbocycles. The molecule has 0 bridgehead atoms. The Labute approximate surface area is 113 Å². The molecule has 1 saturated heterocycles. The first-order valence-electron chi connectivity index (χ1n) is 6.87. The van der Waals surface area contributed by atoms with Crippen LogP contribution in [-0.4, -0.2) is 35.8 Å². The number of carbonyl (C=O) groups is 2. The van der Waals surface area contributed by atoms with Gasteiger partial charge in [0.25, 0.3) is 0 Å². The normalized spacial score (nSPS) is 23.5. The van der Waals surface area contributed by atoms with Crippen LogP contribution in [0.25, 0.3) is 0 Å². The quantitative estimate of drug-likeness (QED) is 0.774. The van der Waals surface area contributed by atoms with Crippen LogP contribution in [0, 0.1) is 0 Å². The molecule has 0 N–H and O–H groups in total. The number of ketones is 1. The van der Waals surface area contributed by atoms with Crippen LogP contribution in [0.4, 0.5) is 5.69 Å². The highest BCUT2D eigenvalue weighted by Gasteiger charge is 2.42. The predicted octanol–water partition coefficient (Wildman–Crippen LogP) is 2.05. The van der Waals surface area contributed by atoms with Gasteiger partial charge in [0.15, 0.2) is 6.17 Å². The van der Waals surface area contributed by atoms with Gasteiger partial charge >= 0.3 is 0 Å². The smallest absolute Gasteiger partial charge is 0.225 e. The molecule has 0 radical (unpaired) electrons. The third-order valence-electron chi connectivity index (χ3n) is 3.98. The number of anilines is 1. The molecule has 2 aliphatic rings. The van der Waals surface area contributed by atoms with Crippen molar-refractivity contribution in [2.75, 3.05) is 18.0 Å². The Balaban J connectivity index is 2.00. The van der Waals surface area contributed by atoms with Crippen molar-refractivity contribution in [1.29, 1.82) is 0 Å². The van der Waals surface area contributed by atoms with Crippen LogP contribution in [0.3, 0.4) is 0 Å². The Hall–Kier alpha value is -1.68. The summed E-state index contributed by atoms with van der Waals surface area (Å²) in [5, 5.41) is 0. The summed E-state index contributed by atoms with van der Waals surface area (Å²) in [4.78, 5) is 28.3. The fourth-order valence-corrected chi connectivity index (χ4v) is 3.11. The minimum absolute atomic E-state index is 0.0612. The molecule has 100 valence electrons. The van der Waals surface area contributed by atoms with Gasteiger partial charge in [-0.05, 0) is 25.0 Å². The van der Waals surface area contributed by atoms with Crippen molar-refractivity contribution in [1.82, 2.24) is 4.90 Å². The maximum Gasteiger partial charge on any atom is 0.225 e. The fourth-order valence-electron chi connectivity index (χ4n) is 3.11. The van der Waals surface area contributed by atoms with Crippen LogP contribution in [0.15, 0.2) is 24.3 Å². The van der Waals surface area contributed by atoms with Crippen LogP contribution in [0.2, 0.25) is 0 Å². The predicted molar refractivity (Wildman–Crippen MR) is 73.1 cm³/mol. The maximum absolute atomic E-state index is 12.6. The summed E-state index contributed by atoms with van der Waals surface area (Å²) in [7, 11) is 0. The molecule has 1 fully saturated rings. The molecule has 0 aromatic heterocycles. The molecule has 1 aromatic rings. The number of para-hydroxylation sites is 1.